The van der Waals surface area contributed by atoms with Gasteiger partial charge in [0.05, 0.1) is 31.0 Å². The molecule has 25 heavy (non-hydrogen) atoms. The number of ether oxygens (including phenoxy) is 1. The summed E-state index contributed by atoms with van der Waals surface area (Å²) in [6.07, 6.45) is 4.89. The van der Waals surface area contributed by atoms with E-state index >= 15 is 0 Å². The number of benzene rings is 1. The molecule has 1 aromatic heterocycles. The first-order chi connectivity index (χ1) is 12.0. The summed E-state index contributed by atoms with van der Waals surface area (Å²) in [6, 6.07) is 7.88. The number of hydrogen-bond acceptors (Lipinski definition) is 3. The Morgan fingerprint density at radius 3 is 3.08 bits per heavy atom. The third-order valence-corrected chi connectivity index (χ3v) is 4.92. The molecule has 2 aliphatic rings. The van der Waals surface area contributed by atoms with Crippen molar-refractivity contribution in [1.29, 1.82) is 0 Å². The predicted molar refractivity (Wildman–Crippen MR) is 94.4 cm³/mol. The van der Waals surface area contributed by atoms with Crippen LogP contribution >= 0.6 is 0 Å². The zero-order chi connectivity index (χ0) is 17.4. The van der Waals surface area contributed by atoms with Crippen molar-refractivity contribution in [3.05, 3.63) is 47.3 Å². The summed E-state index contributed by atoms with van der Waals surface area (Å²) in [5.74, 6) is 0.858. The zero-order valence-corrected chi connectivity index (χ0v) is 14.7. The maximum absolute atomic E-state index is 13.0. The van der Waals surface area contributed by atoms with Crippen LogP contribution in [0.25, 0.3) is 0 Å². The number of nitrogens with zero attached hydrogens (tertiary/aromatic N) is 2. The molecule has 2 N–H and O–H groups in total. The van der Waals surface area contributed by atoms with Gasteiger partial charge in [-0.05, 0) is 44.7 Å². The molecule has 0 radical (unpaired) electrons. The molecule has 0 spiro atoms. The number of para-hydroxylation sites is 1. The molecule has 2 heterocycles. The highest BCUT2D eigenvalue weighted by Gasteiger charge is 2.33. The van der Waals surface area contributed by atoms with E-state index in [0.717, 1.165) is 36.3 Å². The van der Waals surface area contributed by atoms with Gasteiger partial charge in [0, 0.05) is 5.56 Å². The van der Waals surface area contributed by atoms with Gasteiger partial charge in [0.15, 0.2) is 0 Å². The van der Waals surface area contributed by atoms with Crippen LogP contribution in [-0.4, -0.2) is 33.3 Å². The smallest absolute Gasteiger partial charge is 0.318 e. The van der Waals surface area contributed by atoms with Crippen LogP contribution in [-0.2, 0) is 13.0 Å². The SMILES string of the molecule is CC1(C)CN(C(=O)NC2CCCc3cn[nH]c32)Cc2ccccc2O1. The monoisotopic (exact) mass is 340 g/mol. The summed E-state index contributed by atoms with van der Waals surface area (Å²) in [6.45, 7) is 5.12. The highest BCUT2D eigenvalue weighted by Crippen LogP contribution is 2.31. The summed E-state index contributed by atoms with van der Waals surface area (Å²) in [7, 11) is 0. The van der Waals surface area contributed by atoms with Gasteiger partial charge in [-0.1, -0.05) is 18.2 Å². The Morgan fingerprint density at radius 1 is 1.36 bits per heavy atom. The van der Waals surface area contributed by atoms with Gasteiger partial charge in [-0.3, -0.25) is 5.10 Å². The van der Waals surface area contributed by atoms with Gasteiger partial charge in [-0.15, -0.1) is 0 Å². The van der Waals surface area contributed by atoms with Crippen LogP contribution in [0, 0.1) is 0 Å². The molecule has 132 valence electrons. The fourth-order valence-corrected chi connectivity index (χ4v) is 3.78. The molecule has 1 atom stereocenters. The van der Waals surface area contributed by atoms with Crippen molar-refractivity contribution in [3.63, 3.8) is 0 Å². The van der Waals surface area contributed by atoms with Gasteiger partial charge in [0.2, 0.25) is 0 Å². The standard InChI is InChI=1S/C19H24N4O2/c1-19(2)12-23(11-14-6-3-4-9-16(14)25-19)18(24)21-15-8-5-7-13-10-20-22-17(13)15/h3-4,6,9-10,15H,5,7-8,11-12H2,1-2H3,(H,20,22)(H,21,24). The van der Waals surface area contributed by atoms with Crippen LogP contribution < -0.4 is 10.1 Å². The number of H-pyrrole nitrogens is 1. The summed E-state index contributed by atoms with van der Waals surface area (Å²) in [5.41, 5.74) is 2.86. The minimum atomic E-state index is -0.435. The highest BCUT2D eigenvalue weighted by molar-refractivity contribution is 5.75. The minimum absolute atomic E-state index is 0.00118. The molecule has 6 heteroatoms. The Morgan fingerprint density at radius 2 is 2.20 bits per heavy atom. The van der Waals surface area contributed by atoms with Gasteiger partial charge in [0.1, 0.15) is 11.4 Å². The third kappa shape index (κ3) is 3.21. The Hall–Kier alpha value is -2.50. The number of amides is 2. The van der Waals surface area contributed by atoms with E-state index in [2.05, 4.69) is 15.5 Å². The van der Waals surface area contributed by atoms with E-state index in [4.69, 9.17) is 4.74 Å². The molecule has 0 fully saturated rings. The Labute approximate surface area is 147 Å². The quantitative estimate of drug-likeness (QED) is 0.838. The second kappa shape index (κ2) is 6.10. The van der Waals surface area contributed by atoms with E-state index in [0.29, 0.717) is 13.1 Å². The van der Waals surface area contributed by atoms with Gasteiger partial charge in [-0.2, -0.15) is 5.10 Å². The first-order valence-corrected chi connectivity index (χ1v) is 8.86. The van der Waals surface area contributed by atoms with E-state index in [1.807, 2.05) is 49.2 Å². The maximum Gasteiger partial charge on any atom is 0.318 e. The molecule has 1 aliphatic heterocycles. The number of fused-ring (bicyclic) bond motifs is 2. The number of aromatic nitrogens is 2. The van der Waals surface area contributed by atoms with Crippen molar-refractivity contribution >= 4 is 6.03 Å². The number of nitrogens with one attached hydrogen (secondary N) is 2. The van der Waals surface area contributed by atoms with E-state index in [1.165, 1.54) is 5.56 Å². The predicted octanol–water partition coefficient (Wildman–Crippen LogP) is 3.17. The molecule has 1 aromatic carbocycles. The largest absolute Gasteiger partial charge is 0.486 e. The number of aryl methyl sites for hydroxylation is 1. The first-order valence-electron chi connectivity index (χ1n) is 8.86. The molecule has 4 rings (SSSR count). The molecule has 0 saturated heterocycles. The number of rotatable bonds is 1. The van der Waals surface area contributed by atoms with Gasteiger partial charge in [0.25, 0.3) is 0 Å². The van der Waals surface area contributed by atoms with Crippen LogP contribution in [0.3, 0.4) is 0 Å². The van der Waals surface area contributed by atoms with Crippen molar-refractivity contribution in [2.45, 2.75) is 51.3 Å². The Kier molecular flexibility index (Phi) is 3.90. The van der Waals surface area contributed by atoms with E-state index in [1.54, 1.807) is 0 Å². The van der Waals surface area contributed by atoms with Crippen molar-refractivity contribution in [2.24, 2.45) is 0 Å². The van der Waals surface area contributed by atoms with Crippen LogP contribution in [0.5, 0.6) is 5.75 Å². The molecule has 1 aliphatic carbocycles. The van der Waals surface area contributed by atoms with Crippen LogP contribution in [0.4, 0.5) is 4.79 Å². The molecule has 0 bridgehead atoms. The topological polar surface area (TPSA) is 70.2 Å². The number of hydrogen-bond donors (Lipinski definition) is 2. The summed E-state index contributed by atoms with van der Waals surface area (Å²) in [5, 5.41) is 10.4. The molecule has 6 nitrogen and oxygen atoms in total. The van der Waals surface area contributed by atoms with Gasteiger partial charge < -0.3 is 15.0 Å². The molecule has 0 saturated carbocycles. The fourth-order valence-electron chi connectivity index (χ4n) is 3.78. The van der Waals surface area contributed by atoms with Crippen molar-refractivity contribution in [2.75, 3.05) is 6.54 Å². The number of carbonyl (C=O) groups excluding carboxylic acids is 1. The molecule has 2 aromatic rings. The Bertz CT molecular complexity index is 783. The molecule has 1 unspecified atom stereocenters. The van der Waals surface area contributed by atoms with E-state index < -0.39 is 5.60 Å². The second-order valence-electron chi connectivity index (χ2n) is 7.53. The highest BCUT2D eigenvalue weighted by atomic mass is 16.5. The summed E-state index contributed by atoms with van der Waals surface area (Å²) in [4.78, 5) is 14.8. The van der Waals surface area contributed by atoms with Gasteiger partial charge >= 0.3 is 6.03 Å². The average Bonchev–Trinajstić information content (AvgIpc) is 2.99. The lowest BCUT2D eigenvalue weighted by atomic mass is 9.94. The Balaban J connectivity index is 1.54. The lowest BCUT2D eigenvalue weighted by molar-refractivity contribution is 0.0799. The van der Waals surface area contributed by atoms with E-state index in [-0.39, 0.29) is 12.1 Å². The number of carbonyl (C=O) groups is 1. The summed E-state index contributed by atoms with van der Waals surface area (Å²) >= 11 is 0. The lowest BCUT2D eigenvalue weighted by Crippen LogP contribution is -2.48. The summed E-state index contributed by atoms with van der Waals surface area (Å²) < 4.78 is 6.12. The number of urea groups is 1. The average molecular weight is 340 g/mol. The minimum Gasteiger partial charge on any atom is -0.486 e. The van der Waals surface area contributed by atoms with Crippen LogP contribution in [0.2, 0.25) is 0 Å². The maximum atomic E-state index is 13.0. The second-order valence-corrected chi connectivity index (χ2v) is 7.53. The lowest BCUT2D eigenvalue weighted by Gasteiger charge is -2.31. The van der Waals surface area contributed by atoms with Gasteiger partial charge in [-0.25, -0.2) is 4.79 Å². The fraction of sp³-hybridized carbons (Fsp3) is 0.474. The van der Waals surface area contributed by atoms with E-state index in [9.17, 15) is 4.79 Å². The van der Waals surface area contributed by atoms with Crippen LogP contribution in [0.15, 0.2) is 30.5 Å². The van der Waals surface area contributed by atoms with Crippen molar-refractivity contribution in [3.8, 4) is 5.75 Å². The zero-order valence-electron chi connectivity index (χ0n) is 14.7. The molecular weight excluding hydrogens is 316 g/mol. The van der Waals surface area contributed by atoms with Crippen molar-refractivity contribution in [1.82, 2.24) is 20.4 Å². The van der Waals surface area contributed by atoms with Crippen LogP contribution in [0.1, 0.15) is 49.6 Å². The molecular formula is C19H24N4O2. The third-order valence-electron chi connectivity index (χ3n) is 4.92. The first kappa shape index (κ1) is 16.0. The number of aromatic amines is 1. The normalized spacial score (nSPS) is 21.5. The van der Waals surface area contributed by atoms with Crippen molar-refractivity contribution < 1.29 is 9.53 Å². The molecule has 2 amide bonds.